The number of hydrogen-bond donors (Lipinski definition) is 3. The van der Waals surface area contributed by atoms with E-state index in [2.05, 4.69) is 20.9 Å². The molecule has 0 saturated carbocycles. The third-order valence-electron chi connectivity index (χ3n) is 5.63. The zero-order valence-electron chi connectivity index (χ0n) is 19.7. The van der Waals surface area contributed by atoms with Crippen molar-refractivity contribution < 1.29 is 13.6 Å². The summed E-state index contributed by atoms with van der Waals surface area (Å²) >= 11 is 0. The molecule has 3 N–H and O–H groups in total. The minimum atomic E-state index is -0.744. The Hall–Kier alpha value is -4.27. The number of benzene rings is 2. The predicted molar refractivity (Wildman–Crippen MR) is 135 cm³/mol. The monoisotopic (exact) mass is 477 g/mol. The third kappa shape index (κ3) is 4.84. The molecule has 0 aliphatic rings. The van der Waals surface area contributed by atoms with Crippen LogP contribution in [0.1, 0.15) is 25.5 Å². The van der Waals surface area contributed by atoms with E-state index >= 15 is 0 Å². The van der Waals surface area contributed by atoms with Crippen LogP contribution in [-0.2, 0) is 0 Å². The first-order chi connectivity index (χ1) is 16.7. The number of nitrogens with zero attached hydrogens (tertiary/aromatic N) is 2. The molecule has 0 atom stereocenters. The first kappa shape index (κ1) is 23.9. The van der Waals surface area contributed by atoms with Crippen LogP contribution in [0, 0.1) is 18.6 Å². The SMILES string of the molecule is CNc1cc2c(cn1)cc(-c1cc(NC(=O)Nc3cccc(F)c3)c(F)cc1C)c(=O)n2C(C)C. The lowest BCUT2D eigenvalue weighted by Crippen LogP contribution is -2.24. The topological polar surface area (TPSA) is 88.1 Å². The summed E-state index contributed by atoms with van der Waals surface area (Å²) < 4.78 is 29.8. The van der Waals surface area contributed by atoms with E-state index in [1.165, 1.54) is 30.3 Å². The molecule has 4 aromatic rings. The number of carbonyl (C=O) groups excluding carboxylic acids is 1. The average molecular weight is 478 g/mol. The van der Waals surface area contributed by atoms with Crippen LogP contribution in [0.25, 0.3) is 22.0 Å². The summed E-state index contributed by atoms with van der Waals surface area (Å²) in [6.45, 7) is 5.51. The highest BCUT2D eigenvalue weighted by Gasteiger charge is 2.18. The Bertz CT molecular complexity index is 1500. The summed E-state index contributed by atoms with van der Waals surface area (Å²) in [4.78, 5) is 30.3. The van der Waals surface area contributed by atoms with E-state index in [0.717, 1.165) is 17.0 Å². The molecule has 180 valence electrons. The van der Waals surface area contributed by atoms with Crippen molar-refractivity contribution in [3.63, 3.8) is 0 Å². The van der Waals surface area contributed by atoms with Gasteiger partial charge >= 0.3 is 6.03 Å². The number of aromatic nitrogens is 2. The van der Waals surface area contributed by atoms with E-state index in [1.807, 2.05) is 19.9 Å². The number of rotatable bonds is 5. The van der Waals surface area contributed by atoms with E-state index in [1.54, 1.807) is 30.8 Å². The molecule has 0 saturated heterocycles. The Balaban J connectivity index is 1.78. The molecule has 0 fully saturated rings. The van der Waals surface area contributed by atoms with Crippen molar-refractivity contribution in [2.75, 3.05) is 23.0 Å². The molecule has 0 spiro atoms. The van der Waals surface area contributed by atoms with Crippen LogP contribution in [0.2, 0.25) is 0 Å². The number of hydrogen-bond acceptors (Lipinski definition) is 4. The number of anilines is 3. The zero-order chi connectivity index (χ0) is 25.3. The highest BCUT2D eigenvalue weighted by atomic mass is 19.1. The molecule has 0 aliphatic carbocycles. The van der Waals surface area contributed by atoms with Crippen LogP contribution >= 0.6 is 0 Å². The van der Waals surface area contributed by atoms with E-state index < -0.39 is 17.7 Å². The Labute approximate surface area is 200 Å². The molecule has 0 radical (unpaired) electrons. The summed E-state index contributed by atoms with van der Waals surface area (Å²) in [5.74, 6) is -0.542. The van der Waals surface area contributed by atoms with Crippen LogP contribution in [0.5, 0.6) is 0 Å². The summed E-state index contributed by atoms with van der Waals surface area (Å²) in [7, 11) is 1.75. The predicted octanol–water partition coefficient (Wildman–Crippen LogP) is 5.92. The molecule has 9 heteroatoms. The van der Waals surface area contributed by atoms with Crippen LogP contribution in [0.3, 0.4) is 0 Å². The van der Waals surface area contributed by atoms with Crippen LogP contribution in [0.4, 0.5) is 30.8 Å². The Morgan fingerprint density at radius 1 is 1.03 bits per heavy atom. The van der Waals surface area contributed by atoms with Gasteiger partial charge in [0, 0.05) is 42.0 Å². The molecule has 0 bridgehead atoms. The summed E-state index contributed by atoms with van der Waals surface area (Å²) in [5, 5.41) is 8.64. The quantitative estimate of drug-likeness (QED) is 0.333. The second kappa shape index (κ2) is 9.54. The molecule has 2 aromatic carbocycles. The summed E-state index contributed by atoms with van der Waals surface area (Å²) in [5.41, 5.74) is 1.95. The lowest BCUT2D eigenvalue weighted by atomic mass is 9.99. The van der Waals surface area contributed by atoms with Crippen LogP contribution in [-0.4, -0.2) is 22.6 Å². The highest BCUT2D eigenvalue weighted by molar-refractivity contribution is 6.00. The van der Waals surface area contributed by atoms with Gasteiger partial charge in [0.1, 0.15) is 17.5 Å². The van der Waals surface area contributed by atoms with Crippen molar-refractivity contribution in [3.05, 3.63) is 82.3 Å². The molecular formula is C26H25F2N5O2. The van der Waals surface area contributed by atoms with E-state index in [4.69, 9.17) is 0 Å². The van der Waals surface area contributed by atoms with Crippen molar-refractivity contribution in [1.82, 2.24) is 9.55 Å². The fourth-order valence-electron chi connectivity index (χ4n) is 3.98. The number of fused-ring (bicyclic) bond motifs is 1. The Morgan fingerprint density at radius 2 is 1.80 bits per heavy atom. The second-order valence-electron chi connectivity index (χ2n) is 8.44. The van der Waals surface area contributed by atoms with Crippen molar-refractivity contribution in [3.8, 4) is 11.1 Å². The number of nitrogens with one attached hydrogen (secondary N) is 3. The molecule has 2 heterocycles. The number of aryl methyl sites for hydroxylation is 1. The number of carbonyl (C=O) groups is 1. The van der Waals surface area contributed by atoms with Gasteiger partial charge in [0.05, 0.1) is 11.2 Å². The molecule has 35 heavy (non-hydrogen) atoms. The Kier molecular flexibility index (Phi) is 6.50. The standard InChI is InChI=1S/C26H25F2N5O2/c1-14(2)33-23-12-24(29-4)30-13-16(23)9-20(25(33)34)19-11-22(21(28)8-15(19)3)32-26(35)31-18-7-5-6-17(27)10-18/h5-14H,1-4H3,(H,29,30)(H2,31,32,35). The number of urea groups is 1. The Morgan fingerprint density at radius 3 is 2.49 bits per heavy atom. The van der Waals surface area contributed by atoms with Gasteiger partial charge in [-0.15, -0.1) is 0 Å². The summed E-state index contributed by atoms with van der Waals surface area (Å²) in [6.07, 6.45) is 1.67. The van der Waals surface area contributed by atoms with Gasteiger partial charge in [-0.25, -0.2) is 18.6 Å². The first-order valence-corrected chi connectivity index (χ1v) is 11.0. The normalized spacial score (nSPS) is 11.1. The van der Waals surface area contributed by atoms with Crippen molar-refractivity contribution >= 4 is 34.1 Å². The van der Waals surface area contributed by atoms with Crippen molar-refractivity contribution in [1.29, 1.82) is 0 Å². The minimum absolute atomic E-state index is 0.112. The number of pyridine rings is 2. The fraction of sp³-hybridized carbons (Fsp3) is 0.192. The largest absolute Gasteiger partial charge is 0.373 e. The fourth-order valence-corrected chi connectivity index (χ4v) is 3.98. The first-order valence-electron chi connectivity index (χ1n) is 11.0. The van der Waals surface area contributed by atoms with Gasteiger partial charge in [-0.3, -0.25) is 4.79 Å². The lowest BCUT2D eigenvalue weighted by Gasteiger charge is -2.18. The minimum Gasteiger partial charge on any atom is -0.373 e. The van der Waals surface area contributed by atoms with Crippen LogP contribution in [0.15, 0.2) is 59.5 Å². The maximum absolute atomic E-state index is 14.8. The zero-order valence-corrected chi connectivity index (χ0v) is 19.7. The van der Waals surface area contributed by atoms with E-state index in [9.17, 15) is 18.4 Å². The maximum atomic E-state index is 14.8. The van der Waals surface area contributed by atoms with E-state index in [-0.39, 0.29) is 23.0 Å². The van der Waals surface area contributed by atoms with Gasteiger partial charge in [0.15, 0.2) is 0 Å². The van der Waals surface area contributed by atoms with Gasteiger partial charge in [0.2, 0.25) is 0 Å². The molecule has 0 aliphatic heterocycles. The van der Waals surface area contributed by atoms with Crippen LogP contribution < -0.4 is 21.5 Å². The van der Waals surface area contributed by atoms with Gasteiger partial charge in [-0.1, -0.05) is 6.07 Å². The average Bonchev–Trinajstić information content (AvgIpc) is 2.80. The number of halogens is 2. The molecule has 4 rings (SSSR count). The molecule has 2 aromatic heterocycles. The van der Waals surface area contributed by atoms with Gasteiger partial charge in [0.25, 0.3) is 5.56 Å². The highest BCUT2D eigenvalue weighted by Crippen LogP contribution is 2.30. The van der Waals surface area contributed by atoms with Crippen molar-refractivity contribution in [2.24, 2.45) is 0 Å². The molecule has 0 unspecified atom stereocenters. The van der Waals surface area contributed by atoms with Gasteiger partial charge in [-0.05, 0) is 68.3 Å². The maximum Gasteiger partial charge on any atom is 0.323 e. The second-order valence-corrected chi connectivity index (χ2v) is 8.44. The molecule has 7 nitrogen and oxygen atoms in total. The lowest BCUT2D eigenvalue weighted by molar-refractivity contribution is 0.262. The van der Waals surface area contributed by atoms with Gasteiger partial charge < -0.3 is 20.5 Å². The van der Waals surface area contributed by atoms with Gasteiger partial charge in [-0.2, -0.15) is 0 Å². The molecule has 2 amide bonds. The van der Waals surface area contributed by atoms with E-state index in [0.29, 0.717) is 22.5 Å². The van der Waals surface area contributed by atoms with Crippen molar-refractivity contribution in [2.45, 2.75) is 26.8 Å². The molecular weight excluding hydrogens is 452 g/mol. The smallest absolute Gasteiger partial charge is 0.323 e. The third-order valence-corrected chi connectivity index (χ3v) is 5.63. The number of amides is 2. The summed E-state index contributed by atoms with van der Waals surface area (Å²) in [6, 6.07) is 10.7.